The van der Waals surface area contributed by atoms with Crippen LogP contribution in [0.2, 0.25) is 0 Å². The van der Waals surface area contributed by atoms with E-state index in [1.165, 1.54) is 6.07 Å². The van der Waals surface area contributed by atoms with Crippen LogP contribution in [0.5, 0.6) is 0 Å². The van der Waals surface area contributed by atoms with Crippen molar-refractivity contribution < 1.29 is 22.3 Å². The van der Waals surface area contributed by atoms with Crippen LogP contribution in [0.4, 0.5) is 23.2 Å². The molecule has 1 N–H and O–H groups in total. The second kappa shape index (κ2) is 4.52. The average molecular weight is 249 g/mol. The first-order valence-electron chi connectivity index (χ1n) is 5.18. The largest absolute Gasteiger partial charge is 0.419 e. The van der Waals surface area contributed by atoms with Crippen molar-refractivity contribution >= 4 is 5.69 Å². The summed E-state index contributed by atoms with van der Waals surface area (Å²) >= 11 is 0. The molecule has 0 radical (unpaired) electrons. The smallest absolute Gasteiger partial charge is 0.380 e. The predicted octanol–water partition coefficient (Wildman–Crippen LogP) is 3.05. The summed E-state index contributed by atoms with van der Waals surface area (Å²) in [4.78, 5) is 0. The van der Waals surface area contributed by atoms with Crippen LogP contribution in [0.1, 0.15) is 12.0 Å². The number of alkyl halides is 3. The minimum atomic E-state index is -4.67. The van der Waals surface area contributed by atoms with Crippen LogP contribution in [0.15, 0.2) is 18.2 Å². The SMILES string of the molecule is Fc1ccc(NC2CCOC2)cc1C(F)(F)F. The van der Waals surface area contributed by atoms with Crippen LogP contribution < -0.4 is 5.32 Å². The zero-order valence-corrected chi connectivity index (χ0v) is 8.85. The minimum absolute atomic E-state index is 0.0125. The van der Waals surface area contributed by atoms with E-state index in [1.54, 1.807) is 0 Å². The van der Waals surface area contributed by atoms with Crippen molar-refractivity contribution in [3.05, 3.63) is 29.6 Å². The molecule has 0 amide bonds. The molecule has 1 unspecified atom stereocenters. The molecule has 1 aliphatic heterocycles. The van der Waals surface area contributed by atoms with Crippen molar-refractivity contribution in [3.8, 4) is 0 Å². The van der Waals surface area contributed by atoms with Gasteiger partial charge in [0.05, 0.1) is 18.2 Å². The van der Waals surface area contributed by atoms with E-state index in [0.29, 0.717) is 13.2 Å². The molecule has 0 saturated carbocycles. The molecule has 1 aromatic carbocycles. The highest BCUT2D eigenvalue weighted by Crippen LogP contribution is 2.33. The maximum Gasteiger partial charge on any atom is 0.419 e. The highest BCUT2D eigenvalue weighted by molar-refractivity contribution is 5.48. The zero-order valence-electron chi connectivity index (χ0n) is 8.85. The fourth-order valence-electron chi connectivity index (χ4n) is 1.72. The number of nitrogens with one attached hydrogen (secondary N) is 1. The van der Waals surface area contributed by atoms with Crippen LogP contribution >= 0.6 is 0 Å². The van der Waals surface area contributed by atoms with E-state index in [0.717, 1.165) is 18.6 Å². The van der Waals surface area contributed by atoms with Crippen LogP contribution in [0.25, 0.3) is 0 Å². The molecule has 1 aromatic rings. The molecule has 6 heteroatoms. The lowest BCUT2D eigenvalue weighted by Gasteiger charge is -2.14. The molecule has 2 nitrogen and oxygen atoms in total. The van der Waals surface area contributed by atoms with Crippen molar-refractivity contribution in [2.24, 2.45) is 0 Å². The van der Waals surface area contributed by atoms with Gasteiger partial charge in [0.25, 0.3) is 0 Å². The van der Waals surface area contributed by atoms with Gasteiger partial charge in [-0.3, -0.25) is 0 Å². The first-order valence-corrected chi connectivity index (χ1v) is 5.18. The molecular weight excluding hydrogens is 238 g/mol. The number of halogens is 4. The fraction of sp³-hybridized carbons (Fsp3) is 0.455. The average Bonchev–Trinajstić information content (AvgIpc) is 2.72. The Labute approximate surface area is 95.6 Å². The van der Waals surface area contributed by atoms with Crippen LogP contribution in [-0.2, 0) is 10.9 Å². The third-order valence-corrected chi connectivity index (χ3v) is 2.57. The van der Waals surface area contributed by atoms with Crippen LogP contribution in [-0.4, -0.2) is 19.3 Å². The van der Waals surface area contributed by atoms with E-state index in [9.17, 15) is 17.6 Å². The van der Waals surface area contributed by atoms with Crippen LogP contribution in [0, 0.1) is 5.82 Å². The first kappa shape index (κ1) is 12.2. The number of ether oxygens (including phenoxy) is 1. The Morgan fingerprint density at radius 1 is 1.29 bits per heavy atom. The van der Waals surface area contributed by atoms with Gasteiger partial charge in [0.15, 0.2) is 0 Å². The Balaban J connectivity index is 2.18. The van der Waals surface area contributed by atoms with Crippen LogP contribution in [0.3, 0.4) is 0 Å². The first-order chi connectivity index (χ1) is 7.97. The number of benzene rings is 1. The zero-order chi connectivity index (χ0) is 12.5. The van der Waals surface area contributed by atoms with E-state index in [2.05, 4.69) is 5.32 Å². The molecule has 1 heterocycles. The second-order valence-electron chi connectivity index (χ2n) is 3.90. The van der Waals surface area contributed by atoms with Gasteiger partial charge >= 0.3 is 6.18 Å². The van der Waals surface area contributed by atoms with E-state index in [4.69, 9.17) is 4.74 Å². The lowest BCUT2D eigenvalue weighted by atomic mass is 10.1. The van der Waals surface area contributed by atoms with Crippen molar-refractivity contribution in [2.45, 2.75) is 18.6 Å². The minimum Gasteiger partial charge on any atom is -0.380 e. The van der Waals surface area contributed by atoms with Crippen molar-refractivity contribution in [2.75, 3.05) is 18.5 Å². The summed E-state index contributed by atoms with van der Waals surface area (Å²) in [5, 5.41) is 2.89. The quantitative estimate of drug-likeness (QED) is 0.813. The molecule has 94 valence electrons. The third-order valence-electron chi connectivity index (χ3n) is 2.57. The van der Waals surface area contributed by atoms with Gasteiger partial charge in [-0.15, -0.1) is 0 Å². The molecule has 1 fully saturated rings. The maximum atomic E-state index is 13.0. The van der Waals surface area contributed by atoms with E-state index >= 15 is 0 Å². The molecule has 2 rings (SSSR count). The summed E-state index contributed by atoms with van der Waals surface area (Å²) < 4.78 is 55.4. The normalized spacial score (nSPS) is 20.6. The Morgan fingerprint density at radius 3 is 2.65 bits per heavy atom. The third kappa shape index (κ3) is 2.88. The Kier molecular flexibility index (Phi) is 3.24. The van der Waals surface area contributed by atoms with Crippen molar-refractivity contribution in [1.29, 1.82) is 0 Å². The van der Waals surface area contributed by atoms with E-state index in [1.807, 2.05) is 0 Å². The van der Waals surface area contributed by atoms with Gasteiger partial charge in [0.2, 0.25) is 0 Å². The summed E-state index contributed by atoms with van der Waals surface area (Å²) in [5.41, 5.74) is -0.990. The Morgan fingerprint density at radius 2 is 2.06 bits per heavy atom. The fourth-order valence-corrected chi connectivity index (χ4v) is 1.72. The summed E-state index contributed by atoms with van der Waals surface area (Å²) in [7, 11) is 0. The van der Waals surface area contributed by atoms with Gasteiger partial charge in [-0.1, -0.05) is 0 Å². The van der Waals surface area contributed by atoms with Gasteiger partial charge in [-0.25, -0.2) is 4.39 Å². The molecule has 1 atom stereocenters. The predicted molar refractivity (Wildman–Crippen MR) is 54.2 cm³/mol. The molecule has 0 aromatic heterocycles. The second-order valence-corrected chi connectivity index (χ2v) is 3.90. The Hall–Kier alpha value is -1.30. The monoisotopic (exact) mass is 249 g/mol. The molecular formula is C11H11F4NO. The molecule has 1 saturated heterocycles. The summed E-state index contributed by atoms with van der Waals surface area (Å²) in [6.45, 7) is 1.05. The van der Waals surface area contributed by atoms with Crippen molar-refractivity contribution in [1.82, 2.24) is 0 Å². The topological polar surface area (TPSA) is 21.3 Å². The molecule has 1 aliphatic rings. The van der Waals surface area contributed by atoms with E-state index < -0.39 is 17.6 Å². The lowest BCUT2D eigenvalue weighted by Crippen LogP contribution is -2.19. The summed E-state index contributed by atoms with van der Waals surface area (Å²) in [6, 6.07) is 2.89. The van der Waals surface area contributed by atoms with Gasteiger partial charge in [0, 0.05) is 12.3 Å². The molecule has 0 aliphatic carbocycles. The highest BCUT2D eigenvalue weighted by atomic mass is 19.4. The standard InChI is InChI=1S/C11H11F4NO/c12-10-2-1-7(5-9(10)11(13,14)15)16-8-3-4-17-6-8/h1-2,5,8,16H,3-4,6H2. The maximum absolute atomic E-state index is 13.0. The van der Waals surface area contributed by atoms with Gasteiger partial charge in [0.1, 0.15) is 5.82 Å². The van der Waals surface area contributed by atoms with Crippen molar-refractivity contribution in [3.63, 3.8) is 0 Å². The summed E-state index contributed by atoms with van der Waals surface area (Å²) in [6.07, 6.45) is -3.94. The number of hydrogen-bond donors (Lipinski definition) is 1. The van der Waals surface area contributed by atoms with Gasteiger partial charge in [-0.2, -0.15) is 13.2 Å². The van der Waals surface area contributed by atoms with Gasteiger partial charge in [-0.05, 0) is 24.6 Å². The number of anilines is 1. The highest BCUT2D eigenvalue weighted by Gasteiger charge is 2.34. The number of rotatable bonds is 2. The van der Waals surface area contributed by atoms with E-state index in [-0.39, 0.29) is 11.7 Å². The molecule has 0 spiro atoms. The molecule has 17 heavy (non-hydrogen) atoms. The summed E-state index contributed by atoms with van der Waals surface area (Å²) in [5.74, 6) is -1.26. The Bertz CT molecular complexity index is 399. The van der Waals surface area contributed by atoms with Gasteiger partial charge < -0.3 is 10.1 Å². The molecule has 0 bridgehead atoms. The lowest BCUT2D eigenvalue weighted by molar-refractivity contribution is -0.139. The number of hydrogen-bond acceptors (Lipinski definition) is 2.